The van der Waals surface area contributed by atoms with E-state index in [1.807, 2.05) is 5.32 Å². The molecule has 0 saturated carbocycles. The van der Waals surface area contributed by atoms with Crippen LogP contribution < -0.4 is 10.6 Å². The summed E-state index contributed by atoms with van der Waals surface area (Å²) in [7, 11) is 0. The summed E-state index contributed by atoms with van der Waals surface area (Å²) < 4.78 is 72.8. The molecule has 0 saturated heterocycles. The van der Waals surface area contributed by atoms with Crippen molar-refractivity contribution >= 4 is 11.9 Å². The fourth-order valence-electron chi connectivity index (χ4n) is 2.40. The first-order valence-corrected chi connectivity index (χ1v) is 8.40. The van der Waals surface area contributed by atoms with Crippen LogP contribution in [0, 0.1) is 11.6 Å². The Bertz CT molecular complexity index is 871. The van der Waals surface area contributed by atoms with Gasteiger partial charge in [-0.1, -0.05) is 18.2 Å². The molecule has 2 aromatic rings. The minimum Gasteiger partial charge on any atom is -0.463 e. The molecular weight excluding hydrogens is 399 g/mol. The quantitative estimate of drug-likeness (QED) is 0.413. The van der Waals surface area contributed by atoms with Gasteiger partial charge in [0.25, 0.3) is 11.6 Å². The summed E-state index contributed by atoms with van der Waals surface area (Å²) in [6.45, 7) is 0.361. The third-order valence-corrected chi connectivity index (χ3v) is 3.87. The van der Waals surface area contributed by atoms with Crippen LogP contribution in [-0.2, 0) is 16.1 Å². The highest BCUT2D eigenvalue weighted by molar-refractivity contribution is 5.98. The van der Waals surface area contributed by atoms with E-state index in [0.717, 1.165) is 36.4 Å². The van der Waals surface area contributed by atoms with Gasteiger partial charge in [0.1, 0.15) is 11.6 Å². The predicted molar refractivity (Wildman–Crippen MR) is 92.5 cm³/mol. The summed E-state index contributed by atoms with van der Waals surface area (Å²) in [6.07, 6.45) is -5.32. The van der Waals surface area contributed by atoms with Crippen LogP contribution in [0.2, 0.25) is 0 Å². The first-order valence-electron chi connectivity index (χ1n) is 8.40. The predicted octanol–water partition coefficient (Wildman–Crippen LogP) is 3.31. The molecule has 0 bridgehead atoms. The van der Waals surface area contributed by atoms with E-state index in [2.05, 4.69) is 4.74 Å². The van der Waals surface area contributed by atoms with Gasteiger partial charge in [0.05, 0.1) is 6.61 Å². The van der Waals surface area contributed by atoms with E-state index >= 15 is 0 Å². The largest absolute Gasteiger partial charge is 0.463 e. The van der Waals surface area contributed by atoms with Gasteiger partial charge in [-0.15, -0.1) is 0 Å². The van der Waals surface area contributed by atoms with Crippen LogP contribution in [0.25, 0.3) is 0 Å². The lowest BCUT2D eigenvalue weighted by molar-refractivity contribution is -0.219. The average molecular weight is 416 g/mol. The molecule has 0 radical (unpaired) electrons. The van der Waals surface area contributed by atoms with Crippen molar-refractivity contribution in [3.63, 3.8) is 0 Å². The first kappa shape index (κ1) is 22.3. The minimum absolute atomic E-state index is 0.212. The van der Waals surface area contributed by atoms with Crippen LogP contribution in [0.1, 0.15) is 22.8 Å². The smallest absolute Gasteiger partial charge is 0.436 e. The highest BCUT2D eigenvalue weighted by atomic mass is 19.4. The molecule has 29 heavy (non-hydrogen) atoms. The van der Waals surface area contributed by atoms with Gasteiger partial charge in [-0.3, -0.25) is 10.1 Å². The van der Waals surface area contributed by atoms with Crippen LogP contribution in [0.3, 0.4) is 0 Å². The Morgan fingerprint density at radius 1 is 1.00 bits per heavy atom. The Hall–Kier alpha value is -3.01. The van der Waals surface area contributed by atoms with Gasteiger partial charge in [-0.2, -0.15) is 13.2 Å². The maximum absolute atomic E-state index is 14.0. The Morgan fingerprint density at radius 3 is 2.21 bits per heavy atom. The van der Waals surface area contributed by atoms with E-state index in [1.54, 1.807) is 5.32 Å². The lowest BCUT2D eigenvalue weighted by Crippen LogP contribution is -2.72. The molecule has 0 fully saturated rings. The van der Waals surface area contributed by atoms with E-state index in [0.29, 0.717) is 0 Å². The zero-order valence-electron chi connectivity index (χ0n) is 15.1. The number of halogens is 5. The topological polar surface area (TPSA) is 67.4 Å². The summed E-state index contributed by atoms with van der Waals surface area (Å²) in [5, 5.41) is 3.55. The number of amides is 1. The first-order chi connectivity index (χ1) is 13.6. The zero-order chi connectivity index (χ0) is 21.7. The lowest BCUT2D eigenvalue weighted by Gasteiger charge is -2.34. The van der Waals surface area contributed by atoms with E-state index in [9.17, 15) is 31.5 Å². The molecule has 0 spiro atoms. The molecule has 1 atom stereocenters. The second kappa shape index (κ2) is 8.99. The van der Waals surface area contributed by atoms with Gasteiger partial charge >= 0.3 is 12.1 Å². The molecule has 1 amide bonds. The molecule has 5 nitrogen and oxygen atoms in total. The average Bonchev–Trinajstić information content (AvgIpc) is 2.65. The van der Waals surface area contributed by atoms with Gasteiger partial charge in [-0.25, -0.2) is 13.6 Å². The summed E-state index contributed by atoms with van der Waals surface area (Å²) in [4.78, 5) is 24.6. The number of carbonyl (C=O) groups excluding carboxylic acids is 2. The van der Waals surface area contributed by atoms with Crippen molar-refractivity contribution < 1.29 is 36.3 Å². The van der Waals surface area contributed by atoms with Gasteiger partial charge in [0, 0.05) is 12.1 Å². The minimum atomic E-state index is -5.32. The summed E-state index contributed by atoms with van der Waals surface area (Å²) in [5.74, 6) is -4.58. The van der Waals surface area contributed by atoms with E-state index in [1.165, 1.54) is 19.1 Å². The molecule has 2 N–H and O–H groups in total. The third-order valence-electron chi connectivity index (χ3n) is 3.87. The molecule has 10 heteroatoms. The van der Waals surface area contributed by atoms with Crippen molar-refractivity contribution in [2.45, 2.75) is 25.3 Å². The van der Waals surface area contributed by atoms with Gasteiger partial charge in [0.15, 0.2) is 0 Å². The number of hydrogen-bond donors (Lipinski definition) is 2. The number of hydrogen-bond acceptors (Lipinski definition) is 4. The Kier molecular flexibility index (Phi) is 6.91. The highest BCUT2D eigenvalue weighted by Gasteiger charge is 2.63. The molecule has 0 unspecified atom stereocenters. The monoisotopic (exact) mass is 416 g/mol. The fourth-order valence-corrected chi connectivity index (χ4v) is 2.40. The number of benzene rings is 2. The van der Waals surface area contributed by atoms with E-state index in [4.69, 9.17) is 0 Å². The summed E-state index contributed by atoms with van der Waals surface area (Å²) in [5.41, 5.74) is -3.82. The highest BCUT2D eigenvalue weighted by Crippen LogP contribution is 2.30. The summed E-state index contributed by atoms with van der Waals surface area (Å²) >= 11 is 0. The van der Waals surface area contributed by atoms with Crippen molar-refractivity contribution in [2.75, 3.05) is 6.61 Å². The van der Waals surface area contributed by atoms with E-state index in [-0.39, 0.29) is 12.2 Å². The number of alkyl halides is 3. The molecule has 0 aromatic heterocycles. The Balaban J connectivity index is 2.40. The van der Waals surface area contributed by atoms with Gasteiger partial charge in [-0.05, 0) is 42.8 Å². The number of ether oxygens (including phenoxy) is 1. The summed E-state index contributed by atoms with van der Waals surface area (Å²) in [6, 6.07) is 8.43. The van der Waals surface area contributed by atoms with Crippen molar-refractivity contribution in [1.82, 2.24) is 10.6 Å². The molecule has 2 aromatic carbocycles. The zero-order valence-corrected chi connectivity index (χ0v) is 15.1. The van der Waals surface area contributed by atoms with E-state index < -0.39 is 47.5 Å². The second-order valence-corrected chi connectivity index (χ2v) is 5.91. The van der Waals surface area contributed by atoms with Crippen LogP contribution in [-0.4, -0.2) is 30.3 Å². The van der Waals surface area contributed by atoms with Crippen molar-refractivity contribution in [3.8, 4) is 0 Å². The number of carbonyl (C=O) groups is 2. The van der Waals surface area contributed by atoms with Crippen LogP contribution >= 0.6 is 0 Å². The number of nitrogens with one attached hydrogen (secondary N) is 2. The Morgan fingerprint density at radius 2 is 1.66 bits per heavy atom. The SMILES string of the molecule is CCOC(=O)[C@](NCc1ccc(F)cc1)(NC(=O)c1cccc(F)c1)C(F)(F)F. The number of esters is 1. The lowest BCUT2D eigenvalue weighted by atomic mass is 10.1. The molecule has 156 valence electrons. The van der Waals surface area contributed by atoms with Crippen LogP contribution in [0.15, 0.2) is 48.5 Å². The second-order valence-electron chi connectivity index (χ2n) is 5.91. The molecule has 0 heterocycles. The Labute approximate surface area is 162 Å². The fraction of sp³-hybridized carbons (Fsp3) is 0.263. The molecule has 2 rings (SSSR count). The molecule has 0 aliphatic heterocycles. The van der Waals surface area contributed by atoms with Crippen molar-refractivity contribution in [1.29, 1.82) is 0 Å². The van der Waals surface area contributed by atoms with Crippen molar-refractivity contribution in [3.05, 3.63) is 71.3 Å². The number of rotatable bonds is 7. The third kappa shape index (κ3) is 5.29. The molecule has 0 aliphatic rings. The molecule has 0 aliphatic carbocycles. The van der Waals surface area contributed by atoms with Crippen molar-refractivity contribution in [2.24, 2.45) is 0 Å². The van der Waals surface area contributed by atoms with Gasteiger partial charge < -0.3 is 10.1 Å². The van der Waals surface area contributed by atoms with Gasteiger partial charge in [0.2, 0.25) is 0 Å². The maximum Gasteiger partial charge on any atom is 0.436 e. The standard InChI is InChI=1S/C19H17F5N2O3/c1-2-29-17(28)18(19(22,23)24,25-11-12-6-8-14(20)9-7-12)26-16(27)13-4-3-5-15(21)10-13/h3-10,25H,2,11H2,1H3,(H,26,27)/t18-/m0/s1. The van der Waals surface area contributed by atoms with Crippen LogP contribution in [0.4, 0.5) is 22.0 Å². The normalized spacial score (nSPS) is 13.4. The maximum atomic E-state index is 14.0. The molecular formula is C19H17F5N2O3. The van der Waals surface area contributed by atoms with Crippen LogP contribution in [0.5, 0.6) is 0 Å².